The third kappa shape index (κ3) is 5.23. The first kappa shape index (κ1) is 17.8. The van der Waals surface area contributed by atoms with Crippen LogP contribution in [0.2, 0.25) is 0 Å². The number of benzene rings is 2. The maximum Gasteiger partial charge on any atom is 0.338 e. The zero-order valence-corrected chi connectivity index (χ0v) is 15.7. The molecule has 122 valence electrons. The van der Waals surface area contributed by atoms with E-state index in [1.807, 2.05) is 13.0 Å². The molecule has 0 radical (unpaired) electrons. The average Bonchev–Trinajstić information content (AvgIpc) is 2.52. The molecule has 3 nitrogen and oxygen atoms in total. The summed E-state index contributed by atoms with van der Waals surface area (Å²) in [6, 6.07) is 12.2. The second-order valence-corrected chi connectivity index (χ2v) is 6.93. The summed E-state index contributed by atoms with van der Waals surface area (Å²) in [6.45, 7) is 4.41. The van der Waals surface area contributed by atoms with Crippen molar-refractivity contribution in [3.8, 4) is 0 Å². The molecule has 0 saturated carbocycles. The Balaban J connectivity index is 1.77. The van der Waals surface area contributed by atoms with Crippen LogP contribution in [0.25, 0.3) is 0 Å². The molecule has 0 aliphatic rings. The number of rotatable bonds is 6. The number of hydrogen-bond acceptors (Lipinski definition) is 3. The molecule has 0 spiro atoms. The lowest BCUT2D eigenvalue weighted by Crippen LogP contribution is -2.09. The Morgan fingerprint density at radius 1 is 1.13 bits per heavy atom. The molecule has 2 rings (SSSR count). The van der Waals surface area contributed by atoms with Crippen LogP contribution in [0.1, 0.15) is 39.9 Å². The van der Waals surface area contributed by atoms with E-state index >= 15 is 0 Å². The Morgan fingerprint density at radius 3 is 2.52 bits per heavy atom. The lowest BCUT2D eigenvalue weighted by atomic mass is 10.1. The molecular weight excluding hydrogens is 401 g/mol. The van der Waals surface area contributed by atoms with Crippen molar-refractivity contribution in [3.05, 3.63) is 62.2 Å². The van der Waals surface area contributed by atoms with E-state index in [2.05, 4.69) is 53.8 Å². The molecule has 0 bridgehead atoms. The molecule has 0 heterocycles. The fraction of sp³-hybridized carbons (Fsp3) is 0.316. The smallest absolute Gasteiger partial charge is 0.338 e. The normalized spacial score (nSPS) is 10.6. The minimum atomic E-state index is -0.268. The summed E-state index contributed by atoms with van der Waals surface area (Å²) in [5.74, 6) is -0.268. The minimum absolute atomic E-state index is 0.268. The molecule has 2 N–H and O–H groups in total. The summed E-state index contributed by atoms with van der Waals surface area (Å²) in [4.78, 5) is 12.1. The third-order valence-electron chi connectivity index (χ3n) is 3.78. The van der Waals surface area contributed by atoms with Crippen LogP contribution in [-0.2, 0) is 11.2 Å². The molecule has 0 aromatic heterocycles. The molecule has 0 atom stereocenters. The van der Waals surface area contributed by atoms with Crippen LogP contribution in [0, 0.1) is 17.4 Å². The molecule has 0 unspecified atom stereocenters. The number of nitrogen functional groups attached to an aromatic ring is 1. The first-order valence-corrected chi connectivity index (χ1v) is 8.83. The molecule has 23 heavy (non-hydrogen) atoms. The zero-order chi connectivity index (χ0) is 16.8. The van der Waals surface area contributed by atoms with Gasteiger partial charge in [0.1, 0.15) is 0 Å². The number of ether oxygens (including phenoxy) is 1. The maximum atomic E-state index is 12.1. The van der Waals surface area contributed by atoms with E-state index < -0.39 is 0 Å². The third-order valence-corrected chi connectivity index (χ3v) is 4.71. The van der Waals surface area contributed by atoms with E-state index in [-0.39, 0.29) is 5.97 Å². The molecule has 4 heteroatoms. The largest absolute Gasteiger partial charge is 0.462 e. The number of anilines is 1. The highest BCUT2D eigenvalue weighted by molar-refractivity contribution is 14.1. The van der Waals surface area contributed by atoms with E-state index in [0.29, 0.717) is 17.9 Å². The van der Waals surface area contributed by atoms with Gasteiger partial charge in [-0.1, -0.05) is 29.8 Å². The Morgan fingerprint density at radius 2 is 1.83 bits per heavy atom. The van der Waals surface area contributed by atoms with Crippen molar-refractivity contribution in [2.75, 3.05) is 12.3 Å². The number of carbonyl (C=O) groups excluding carboxylic acids is 1. The van der Waals surface area contributed by atoms with Crippen molar-refractivity contribution in [2.45, 2.75) is 33.1 Å². The van der Waals surface area contributed by atoms with Gasteiger partial charge < -0.3 is 10.5 Å². The van der Waals surface area contributed by atoms with Crippen LogP contribution in [0.15, 0.2) is 36.4 Å². The summed E-state index contributed by atoms with van der Waals surface area (Å²) in [5.41, 5.74) is 10.6. The predicted octanol–water partition coefficient (Wildman–Crippen LogP) is 4.67. The molecule has 0 saturated heterocycles. The number of unbranched alkanes of at least 4 members (excludes halogenated alkanes) is 1. The second-order valence-electron chi connectivity index (χ2n) is 5.77. The predicted molar refractivity (Wildman–Crippen MR) is 103 cm³/mol. The monoisotopic (exact) mass is 423 g/mol. The van der Waals surface area contributed by atoms with Crippen molar-refractivity contribution in [2.24, 2.45) is 0 Å². The van der Waals surface area contributed by atoms with Gasteiger partial charge in [-0.3, -0.25) is 0 Å². The topological polar surface area (TPSA) is 52.3 Å². The van der Waals surface area contributed by atoms with Gasteiger partial charge >= 0.3 is 5.97 Å². The van der Waals surface area contributed by atoms with E-state index in [4.69, 9.17) is 10.5 Å². The van der Waals surface area contributed by atoms with E-state index in [1.54, 1.807) is 6.07 Å². The van der Waals surface area contributed by atoms with Crippen LogP contribution >= 0.6 is 22.6 Å². The molecule has 0 aliphatic heterocycles. The van der Waals surface area contributed by atoms with Gasteiger partial charge in [-0.15, -0.1) is 0 Å². The van der Waals surface area contributed by atoms with Crippen molar-refractivity contribution in [1.82, 2.24) is 0 Å². The van der Waals surface area contributed by atoms with Crippen molar-refractivity contribution in [1.29, 1.82) is 0 Å². The van der Waals surface area contributed by atoms with Gasteiger partial charge in [0, 0.05) is 9.26 Å². The number of halogens is 1. The molecular formula is C19H22INO2. The number of carbonyl (C=O) groups is 1. The van der Waals surface area contributed by atoms with Crippen LogP contribution in [-0.4, -0.2) is 12.6 Å². The summed E-state index contributed by atoms with van der Waals surface area (Å²) in [7, 11) is 0. The summed E-state index contributed by atoms with van der Waals surface area (Å²) >= 11 is 2.13. The van der Waals surface area contributed by atoms with Crippen molar-refractivity contribution >= 4 is 34.2 Å². The van der Waals surface area contributed by atoms with E-state index in [1.165, 1.54) is 11.1 Å². The number of esters is 1. The number of aryl methyl sites for hydroxylation is 3. The minimum Gasteiger partial charge on any atom is -0.462 e. The summed E-state index contributed by atoms with van der Waals surface area (Å²) in [6.07, 6.45) is 2.88. The Kier molecular flexibility index (Phi) is 6.45. The maximum absolute atomic E-state index is 12.1. The summed E-state index contributed by atoms with van der Waals surface area (Å²) in [5, 5.41) is 0. The first-order valence-electron chi connectivity index (χ1n) is 7.75. The van der Waals surface area contributed by atoms with Gasteiger partial charge in [0.05, 0.1) is 12.2 Å². The fourth-order valence-electron chi connectivity index (χ4n) is 2.35. The quantitative estimate of drug-likeness (QED) is 0.318. The standard InChI is InChI=1S/C19H22INO2/c1-13-6-8-15(9-7-13)5-3-4-10-23-19(22)16-12-17(20)18(21)11-14(16)2/h6-9,11-12H,3-5,10,21H2,1-2H3. The zero-order valence-electron chi connectivity index (χ0n) is 13.6. The SMILES string of the molecule is Cc1ccc(CCCCOC(=O)c2cc(I)c(N)cc2C)cc1. The van der Waals surface area contributed by atoms with Gasteiger partial charge in [0.15, 0.2) is 0 Å². The fourth-order valence-corrected chi connectivity index (χ4v) is 2.82. The Labute approximate surface area is 151 Å². The number of nitrogens with two attached hydrogens (primary N) is 1. The molecule has 2 aromatic rings. The number of hydrogen-bond donors (Lipinski definition) is 1. The van der Waals surface area contributed by atoms with Crippen LogP contribution in [0.4, 0.5) is 5.69 Å². The molecule has 0 fully saturated rings. The Bertz CT molecular complexity index is 681. The first-order chi connectivity index (χ1) is 11.0. The lowest BCUT2D eigenvalue weighted by molar-refractivity contribution is 0.0497. The highest BCUT2D eigenvalue weighted by atomic mass is 127. The van der Waals surface area contributed by atoms with Crippen LogP contribution < -0.4 is 5.73 Å². The van der Waals surface area contributed by atoms with Crippen molar-refractivity contribution in [3.63, 3.8) is 0 Å². The van der Waals surface area contributed by atoms with Gasteiger partial charge in [0.25, 0.3) is 0 Å². The Hall–Kier alpha value is -1.56. The van der Waals surface area contributed by atoms with E-state index in [0.717, 1.165) is 28.4 Å². The second kappa shape index (κ2) is 8.34. The van der Waals surface area contributed by atoms with Gasteiger partial charge in [-0.05, 0) is 79.0 Å². The van der Waals surface area contributed by atoms with Crippen LogP contribution in [0.3, 0.4) is 0 Å². The summed E-state index contributed by atoms with van der Waals surface area (Å²) < 4.78 is 6.25. The molecule has 0 aliphatic carbocycles. The van der Waals surface area contributed by atoms with E-state index in [9.17, 15) is 4.79 Å². The highest BCUT2D eigenvalue weighted by Crippen LogP contribution is 2.21. The molecule has 0 amide bonds. The van der Waals surface area contributed by atoms with Gasteiger partial charge in [-0.25, -0.2) is 4.79 Å². The molecule has 2 aromatic carbocycles. The van der Waals surface area contributed by atoms with Gasteiger partial charge in [0.2, 0.25) is 0 Å². The van der Waals surface area contributed by atoms with Crippen LogP contribution in [0.5, 0.6) is 0 Å². The van der Waals surface area contributed by atoms with Crippen molar-refractivity contribution < 1.29 is 9.53 Å². The van der Waals surface area contributed by atoms with Gasteiger partial charge in [-0.2, -0.15) is 0 Å². The average molecular weight is 423 g/mol. The highest BCUT2D eigenvalue weighted by Gasteiger charge is 2.12. The lowest BCUT2D eigenvalue weighted by Gasteiger charge is -2.09.